The van der Waals surface area contributed by atoms with E-state index in [1.807, 2.05) is 32.2 Å². The number of anilines is 1. The molecule has 2 aliphatic carbocycles. The lowest BCUT2D eigenvalue weighted by Gasteiger charge is -2.39. The zero-order valence-electron chi connectivity index (χ0n) is 42.3. The zero-order chi connectivity index (χ0) is 47.2. The van der Waals surface area contributed by atoms with Crippen molar-refractivity contribution in [2.45, 2.75) is 172 Å². The zero-order valence-corrected chi connectivity index (χ0v) is 42.3. The van der Waals surface area contributed by atoms with Crippen LogP contribution in [0.15, 0.2) is 97.0 Å². The van der Waals surface area contributed by atoms with Crippen LogP contribution in [0.4, 0.5) is 5.69 Å². The minimum atomic E-state index is -0.0567. The van der Waals surface area contributed by atoms with Gasteiger partial charge in [-0.2, -0.15) is 0 Å². The Kier molecular flexibility index (Phi) is 23.9. The maximum absolute atomic E-state index is 11.5. The average molecular weight is 870 g/mol. The molecule has 1 aromatic heterocycles. The number of aromatic nitrogens is 1. The van der Waals surface area contributed by atoms with Crippen LogP contribution in [0.1, 0.15) is 197 Å². The number of aryl methyl sites for hydroxylation is 1. The van der Waals surface area contributed by atoms with Gasteiger partial charge in [-0.1, -0.05) is 162 Å². The smallest absolute Gasteiger partial charge is 0.160 e. The summed E-state index contributed by atoms with van der Waals surface area (Å²) in [6, 6.07) is 16.7. The van der Waals surface area contributed by atoms with Crippen molar-refractivity contribution >= 4 is 22.8 Å². The highest BCUT2D eigenvalue weighted by molar-refractivity contribution is 6.07. The van der Waals surface area contributed by atoms with Crippen LogP contribution in [-0.4, -0.2) is 29.6 Å². The Labute approximate surface area is 391 Å². The largest absolute Gasteiger partial charge is 0.371 e. The Morgan fingerprint density at radius 2 is 1.45 bits per heavy atom. The standard InChI is InChI=1S/C25H31N.C14H17NO2.C10H20.C8H13N.C2H6/c1-5-8-18(3)24(6-2)25-14-12-21(15-19(25)4)22-11-13-23(26-17-22)16-20-9-7-10-20;1-9-7-15(8-9)12-4-5-13(10(2)16)14(6-12)11(3)17;1-2-3-4-5-6-7-10-8-9-10;1-6-4-5-7(2)9-8(6)3;1-2/h6,8,11-15,17,20H,5,7,9-10,16H2,1-4H3;4-6,9H,7-8H2,1-3H3;10H,2-9H2,1H3;6,9H,2-5H2,1H3;1-2H3/b18-8-,24-6+;;;;. The summed E-state index contributed by atoms with van der Waals surface area (Å²) in [6.07, 6.45) is 27.1. The number of nitrogens with one attached hydrogen (secondary N) is 1. The number of rotatable bonds is 15. The van der Waals surface area contributed by atoms with Crippen LogP contribution in [0.5, 0.6) is 0 Å². The van der Waals surface area contributed by atoms with E-state index in [0.717, 1.165) is 61.3 Å². The first-order chi connectivity index (χ1) is 30.7. The third kappa shape index (κ3) is 17.8. The van der Waals surface area contributed by atoms with Gasteiger partial charge in [-0.25, -0.2) is 0 Å². The lowest BCUT2D eigenvalue weighted by molar-refractivity contribution is 0.0981. The summed E-state index contributed by atoms with van der Waals surface area (Å²) in [7, 11) is 0. The normalized spacial score (nSPS) is 17.4. The number of allylic oxidation sites excluding steroid dienone is 6. The summed E-state index contributed by atoms with van der Waals surface area (Å²) >= 11 is 0. The van der Waals surface area contributed by atoms with Crippen LogP contribution >= 0.6 is 0 Å². The summed E-state index contributed by atoms with van der Waals surface area (Å²) in [5, 5.41) is 3.14. The third-order valence-corrected chi connectivity index (χ3v) is 13.0. The number of unbranched alkanes of at least 4 members (excludes halogenated alkanes) is 4. The second-order valence-electron chi connectivity index (χ2n) is 18.8. The predicted octanol–water partition coefficient (Wildman–Crippen LogP) is 16.5. The number of benzene rings is 2. The summed E-state index contributed by atoms with van der Waals surface area (Å²) in [5.41, 5.74) is 13.4. The number of hydrogen-bond donors (Lipinski definition) is 1. The summed E-state index contributed by atoms with van der Waals surface area (Å²) in [5.74, 6) is 3.25. The molecule has 3 heterocycles. The van der Waals surface area contributed by atoms with Gasteiger partial charge in [0.2, 0.25) is 0 Å². The fourth-order valence-corrected chi connectivity index (χ4v) is 8.52. The minimum absolute atomic E-state index is 0.0504. The molecule has 5 nitrogen and oxygen atoms in total. The molecule has 0 amide bonds. The highest BCUT2D eigenvalue weighted by atomic mass is 16.1. The molecule has 5 heteroatoms. The molecule has 4 fully saturated rings. The number of hydrogen-bond acceptors (Lipinski definition) is 5. The molecular formula is C59H87N3O2. The van der Waals surface area contributed by atoms with Crippen molar-refractivity contribution in [3.8, 4) is 11.1 Å². The Balaban J connectivity index is 0.000000245. The van der Waals surface area contributed by atoms with E-state index in [1.54, 1.807) is 6.07 Å². The first-order valence-corrected chi connectivity index (χ1v) is 25.2. The number of Topliss-reactive ketones (excluding diaryl/α,β-unsaturated/α-hetero) is 2. The molecule has 7 rings (SSSR count). The van der Waals surface area contributed by atoms with Gasteiger partial charge in [0.15, 0.2) is 11.6 Å². The van der Waals surface area contributed by atoms with Crippen molar-refractivity contribution in [1.29, 1.82) is 0 Å². The molecule has 1 unspecified atom stereocenters. The molecule has 64 heavy (non-hydrogen) atoms. The van der Waals surface area contributed by atoms with E-state index in [4.69, 9.17) is 4.98 Å². The molecule has 0 bridgehead atoms. The van der Waals surface area contributed by atoms with Crippen molar-refractivity contribution < 1.29 is 9.59 Å². The Morgan fingerprint density at radius 1 is 0.797 bits per heavy atom. The van der Waals surface area contributed by atoms with E-state index in [9.17, 15) is 9.59 Å². The first kappa shape index (κ1) is 53.8. The number of ketones is 2. The molecule has 0 spiro atoms. The van der Waals surface area contributed by atoms with Gasteiger partial charge in [-0.3, -0.25) is 14.6 Å². The van der Waals surface area contributed by atoms with Crippen molar-refractivity contribution in [3.63, 3.8) is 0 Å². The maximum atomic E-state index is 11.5. The van der Waals surface area contributed by atoms with E-state index in [-0.39, 0.29) is 11.6 Å². The van der Waals surface area contributed by atoms with Gasteiger partial charge in [0.05, 0.1) is 0 Å². The molecule has 0 radical (unpaired) electrons. The van der Waals surface area contributed by atoms with Gasteiger partial charge in [-0.15, -0.1) is 0 Å². The maximum Gasteiger partial charge on any atom is 0.160 e. The molecule has 1 N–H and O–H groups in total. The molecule has 2 aliphatic heterocycles. The van der Waals surface area contributed by atoms with E-state index >= 15 is 0 Å². The van der Waals surface area contributed by atoms with Gasteiger partial charge >= 0.3 is 0 Å². The Morgan fingerprint density at radius 3 is 1.95 bits per heavy atom. The number of nitrogens with zero attached hydrogens (tertiary/aromatic N) is 2. The van der Waals surface area contributed by atoms with Crippen LogP contribution in [0, 0.1) is 30.6 Å². The van der Waals surface area contributed by atoms with E-state index < -0.39 is 0 Å². The van der Waals surface area contributed by atoms with E-state index in [0.29, 0.717) is 23.0 Å². The van der Waals surface area contributed by atoms with Gasteiger partial charge in [-0.05, 0) is 136 Å². The molecule has 4 aliphatic rings. The molecule has 2 saturated carbocycles. The lowest BCUT2D eigenvalue weighted by atomic mass is 9.82. The third-order valence-electron chi connectivity index (χ3n) is 13.0. The summed E-state index contributed by atoms with van der Waals surface area (Å²) < 4.78 is 0. The van der Waals surface area contributed by atoms with Crippen molar-refractivity contribution in [1.82, 2.24) is 10.3 Å². The number of piperidine rings is 1. The second-order valence-corrected chi connectivity index (χ2v) is 18.8. The first-order valence-electron chi connectivity index (χ1n) is 25.2. The summed E-state index contributed by atoms with van der Waals surface area (Å²) in [6.45, 7) is 32.1. The van der Waals surface area contributed by atoms with Crippen LogP contribution in [0.2, 0.25) is 0 Å². The monoisotopic (exact) mass is 870 g/mol. The Bertz CT molecular complexity index is 1990. The fraction of sp³-hybridized carbons (Fsp3) is 0.542. The van der Waals surface area contributed by atoms with Crippen molar-refractivity contribution in [2.75, 3.05) is 18.0 Å². The topological polar surface area (TPSA) is 62.3 Å². The molecule has 2 saturated heterocycles. The van der Waals surface area contributed by atoms with Crippen LogP contribution in [0.25, 0.3) is 16.7 Å². The quantitative estimate of drug-likeness (QED) is 0.0936. The minimum Gasteiger partial charge on any atom is -0.371 e. The van der Waals surface area contributed by atoms with E-state index in [2.05, 4.69) is 114 Å². The average Bonchev–Trinajstić information content (AvgIpc) is 4.09. The van der Waals surface area contributed by atoms with Gasteiger partial charge in [0, 0.05) is 58.8 Å². The van der Waals surface area contributed by atoms with Gasteiger partial charge in [0.25, 0.3) is 0 Å². The highest BCUT2D eigenvalue weighted by Crippen LogP contribution is 2.34. The molecule has 3 aromatic rings. The van der Waals surface area contributed by atoms with Crippen LogP contribution < -0.4 is 10.2 Å². The lowest BCUT2D eigenvalue weighted by Crippen LogP contribution is -2.45. The number of carbonyl (C=O) groups is 2. The molecular weight excluding hydrogens is 783 g/mol. The number of carbonyl (C=O) groups excluding carboxylic acids is 2. The van der Waals surface area contributed by atoms with Gasteiger partial charge < -0.3 is 10.2 Å². The highest BCUT2D eigenvalue weighted by Gasteiger charge is 2.24. The van der Waals surface area contributed by atoms with Crippen molar-refractivity contribution in [3.05, 3.63) is 125 Å². The fourth-order valence-electron chi connectivity index (χ4n) is 8.52. The Hall–Kier alpha value is -4.51. The predicted molar refractivity (Wildman–Crippen MR) is 278 cm³/mol. The van der Waals surface area contributed by atoms with E-state index in [1.165, 1.54) is 130 Å². The van der Waals surface area contributed by atoms with Crippen molar-refractivity contribution in [2.24, 2.45) is 23.7 Å². The molecule has 1 atom stereocenters. The number of pyridine rings is 1. The second kappa shape index (κ2) is 28.4. The SMILES string of the molecule is C/C=C(\C(C)=C/CC)c1ccc(-c2ccc(CC3CCC3)nc2)cc1C.C=C1CCC(C)C(=C)N1.CC.CC(=O)c1ccc(N2CC(C)C2)cc1C(C)=O.CCCCCCCC1CC1. The van der Waals surface area contributed by atoms with Gasteiger partial charge in [0.1, 0.15) is 0 Å². The molecule has 350 valence electrons. The van der Waals surface area contributed by atoms with Crippen LogP contribution in [-0.2, 0) is 6.42 Å². The summed E-state index contributed by atoms with van der Waals surface area (Å²) in [4.78, 5) is 29.9. The molecule has 2 aromatic carbocycles. The van der Waals surface area contributed by atoms with Crippen LogP contribution in [0.3, 0.4) is 0 Å².